The molecule has 2 heterocycles. The van der Waals surface area contributed by atoms with Crippen molar-refractivity contribution in [2.24, 2.45) is 5.92 Å². The van der Waals surface area contributed by atoms with Crippen molar-refractivity contribution in [2.45, 2.75) is 13.5 Å². The Morgan fingerprint density at radius 1 is 1.53 bits per heavy atom. The lowest BCUT2D eigenvalue weighted by Crippen LogP contribution is -2.39. The lowest BCUT2D eigenvalue weighted by atomic mass is 10.1. The van der Waals surface area contributed by atoms with E-state index in [1.54, 1.807) is 18.4 Å². The zero-order valence-corrected chi connectivity index (χ0v) is 12.7. The Kier molecular flexibility index (Phi) is 4.90. The van der Waals surface area contributed by atoms with Crippen LogP contribution in [0.15, 0.2) is 5.51 Å². The fraction of sp³-hybridized carbons (Fsp3) is 0.692. The summed E-state index contributed by atoms with van der Waals surface area (Å²) in [6.07, 6.45) is 0. The van der Waals surface area contributed by atoms with Crippen LogP contribution in [-0.2, 0) is 11.3 Å². The Labute approximate surface area is 118 Å². The first kappa shape index (κ1) is 14.4. The van der Waals surface area contributed by atoms with E-state index in [0.717, 1.165) is 38.4 Å². The molecule has 0 aliphatic carbocycles. The first-order chi connectivity index (χ1) is 9.10. The third-order valence-corrected chi connectivity index (χ3v) is 4.56. The number of hydrogen-bond acceptors (Lipinski definition) is 5. The smallest absolute Gasteiger partial charge is 0.225 e. The van der Waals surface area contributed by atoms with Crippen LogP contribution in [0.3, 0.4) is 0 Å². The molecule has 0 radical (unpaired) electrons. The minimum Gasteiger partial charge on any atom is -0.359 e. The van der Waals surface area contributed by atoms with E-state index in [9.17, 15) is 4.79 Å². The van der Waals surface area contributed by atoms with Gasteiger partial charge in [-0.2, -0.15) is 0 Å². The molecule has 0 aromatic carbocycles. The summed E-state index contributed by atoms with van der Waals surface area (Å²) in [6.45, 7) is 6.61. The number of aromatic nitrogens is 1. The molecular formula is C13H22N4OS. The maximum absolute atomic E-state index is 11.9. The van der Waals surface area contributed by atoms with E-state index in [1.165, 1.54) is 4.88 Å². The van der Waals surface area contributed by atoms with Gasteiger partial charge in [-0.3, -0.25) is 9.69 Å². The number of likely N-dealkylation sites (N-methyl/N-ethyl adjacent to an activating group) is 1. The van der Waals surface area contributed by atoms with Crippen molar-refractivity contribution in [3.05, 3.63) is 16.1 Å². The van der Waals surface area contributed by atoms with Crippen molar-refractivity contribution in [2.75, 3.05) is 40.3 Å². The van der Waals surface area contributed by atoms with Gasteiger partial charge in [0.2, 0.25) is 5.91 Å². The number of aryl methyl sites for hydroxylation is 1. The number of rotatable bonds is 3. The SMILES string of the molecule is CNC(=O)C1CN(C)CCN(Cc2scnc2C)C1. The molecule has 1 aromatic heterocycles. The molecule has 1 N–H and O–H groups in total. The quantitative estimate of drug-likeness (QED) is 0.880. The lowest BCUT2D eigenvalue weighted by Gasteiger charge is -2.22. The minimum atomic E-state index is 0.0470. The van der Waals surface area contributed by atoms with E-state index in [0.29, 0.717) is 0 Å². The van der Waals surface area contributed by atoms with Crippen molar-refractivity contribution in [3.63, 3.8) is 0 Å². The number of thiazole rings is 1. The molecule has 1 aliphatic rings. The molecule has 1 aromatic rings. The Morgan fingerprint density at radius 2 is 2.32 bits per heavy atom. The summed E-state index contributed by atoms with van der Waals surface area (Å²) in [5, 5.41) is 2.77. The summed E-state index contributed by atoms with van der Waals surface area (Å²) in [4.78, 5) is 22.1. The van der Waals surface area contributed by atoms with Crippen LogP contribution in [0.5, 0.6) is 0 Å². The fourth-order valence-corrected chi connectivity index (χ4v) is 3.25. The number of hydrogen-bond donors (Lipinski definition) is 1. The largest absolute Gasteiger partial charge is 0.359 e. The summed E-state index contributed by atoms with van der Waals surface area (Å²) in [5.74, 6) is 0.186. The Balaban J connectivity index is 2.04. The van der Waals surface area contributed by atoms with Gasteiger partial charge in [-0.25, -0.2) is 4.98 Å². The third-order valence-electron chi connectivity index (χ3n) is 3.64. The van der Waals surface area contributed by atoms with E-state index in [1.807, 2.05) is 12.4 Å². The molecule has 6 heteroatoms. The molecule has 5 nitrogen and oxygen atoms in total. The topological polar surface area (TPSA) is 48.5 Å². The predicted molar refractivity (Wildman–Crippen MR) is 77.2 cm³/mol. The van der Waals surface area contributed by atoms with Crippen LogP contribution in [0.1, 0.15) is 10.6 Å². The van der Waals surface area contributed by atoms with Gasteiger partial charge >= 0.3 is 0 Å². The van der Waals surface area contributed by atoms with Gasteiger partial charge in [-0.05, 0) is 14.0 Å². The van der Waals surface area contributed by atoms with E-state index in [2.05, 4.69) is 27.1 Å². The van der Waals surface area contributed by atoms with Crippen LogP contribution in [0.25, 0.3) is 0 Å². The highest BCUT2D eigenvalue weighted by atomic mass is 32.1. The second kappa shape index (κ2) is 6.45. The molecule has 1 aliphatic heterocycles. The number of carbonyl (C=O) groups excluding carboxylic acids is 1. The van der Waals surface area contributed by atoms with Crippen molar-refractivity contribution in [3.8, 4) is 0 Å². The highest BCUT2D eigenvalue weighted by Gasteiger charge is 2.26. The van der Waals surface area contributed by atoms with Gasteiger partial charge < -0.3 is 10.2 Å². The highest BCUT2D eigenvalue weighted by Crippen LogP contribution is 2.17. The number of carbonyl (C=O) groups is 1. The van der Waals surface area contributed by atoms with E-state index >= 15 is 0 Å². The first-order valence-electron chi connectivity index (χ1n) is 6.61. The summed E-state index contributed by atoms with van der Waals surface area (Å²) in [6, 6.07) is 0. The van der Waals surface area contributed by atoms with Crippen LogP contribution in [0, 0.1) is 12.8 Å². The van der Waals surface area contributed by atoms with Gasteiger partial charge in [0.25, 0.3) is 0 Å². The zero-order valence-electron chi connectivity index (χ0n) is 11.8. The molecule has 2 rings (SSSR count). The molecule has 0 saturated carbocycles. The van der Waals surface area contributed by atoms with Gasteiger partial charge in [-0.15, -0.1) is 11.3 Å². The highest BCUT2D eigenvalue weighted by molar-refractivity contribution is 7.09. The zero-order chi connectivity index (χ0) is 13.8. The first-order valence-corrected chi connectivity index (χ1v) is 7.49. The van der Waals surface area contributed by atoms with Crippen molar-refractivity contribution >= 4 is 17.2 Å². The van der Waals surface area contributed by atoms with Gasteiger partial charge in [0.05, 0.1) is 17.1 Å². The molecule has 106 valence electrons. The summed E-state index contributed by atoms with van der Waals surface area (Å²) in [7, 11) is 3.79. The average molecular weight is 282 g/mol. The van der Waals surface area contributed by atoms with Gasteiger partial charge in [0.15, 0.2) is 0 Å². The molecule has 1 unspecified atom stereocenters. The maximum Gasteiger partial charge on any atom is 0.225 e. The number of nitrogens with one attached hydrogen (secondary N) is 1. The molecule has 1 fully saturated rings. The molecule has 1 saturated heterocycles. The Morgan fingerprint density at radius 3 is 2.95 bits per heavy atom. The summed E-state index contributed by atoms with van der Waals surface area (Å²) in [5.41, 5.74) is 3.00. The van der Waals surface area contributed by atoms with Gasteiger partial charge in [0.1, 0.15) is 0 Å². The normalized spacial score (nSPS) is 22.2. The number of nitrogens with zero attached hydrogens (tertiary/aromatic N) is 3. The molecule has 0 spiro atoms. The summed E-state index contributed by atoms with van der Waals surface area (Å²) < 4.78 is 0. The van der Waals surface area contributed by atoms with Crippen LogP contribution in [0.4, 0.5) is 0 Å². The standard InChI is InChI=1S/C13H22N4OS/c1-10-12(19-9-15-10)8-17-5-4-16(3)6-11(7-17)13(18)14-2/h9,11H,4-8H2,1-3H3,(H,14,18). The van der Waals surface area contributed by atoms with E-state index in [4.69, 9.17) is 0 Å². The Bertz CT molecular complexity index is 434. The third kappa shape index (κ3) is 3.75. The fourth-order valence-electron chi connectivity index (χ4n) is 2.43. The maximum atomic E-state index is 11.9. The molecule has 1 amide bonds. The number of amides is 1. The van der Waals surface area contributed by atoms with Crippen molar-refractivity contribution in [1.82, 2.24) is 20.1 Å². The van der Waals surface area contributed by atoms with Gasteiger partial charge in [-0.1, -0.05) is 0 Å². The monoisotopic (exact) mass is 282 g/mol. The van der Waals surface area contributed by atoms with E-state index in [-0.39, 0.29) is 11.8 Å². The lowest BCUT2D eigenvalue weighted by molar-refractivity contribution is -0.125. The second-order valence-corrected chi connectivity index (χ2v) is 6.11. The average Bonchev–Trinajstić information content (AvgIpc) is 2.69. The Hall–Kier alpha value is -0.980. The van der Waals surface area contributed by atoms with Gasteiger partial charge in [0, 0.05) is 44.6 Å². The van der Waals surface area contributed by atoms with Crippen LogP contribution in [-0.4, -0.2) is 61.0 Å². The van der Waals surface area contributed by atoms with Crippen molar-refractivity contribution in [1.29, 1.82) is 0 Å². The molecule has 0 bridgehead atoms. The summed E-state index contributed by atoms with van der Waals surface area (Å²) >= 11 is 1.70. The molecule has 1 atom stereocenters. The van der Waals surface area contributed by atoms with E-state index < -0.39 is 0 Å². The second-order valence-electron chi connectivity index (χ2n) is 5.17. The minimum absolute atomic E-state index is 0.0470. The van der Waals surface area contributed by atoms with Crippen LogP contribution >= 0.6 is 11.3 Å². The van der Waals surface area contributed by atoms with Crippen molar-refractivity contribution < 1.29 is 4.79 Å². The predicted octanol–water partition coefficient (Wildman–Crippen LogP) is 0.561. The molecular weight excluding hydrogens is 260 g/mol. The van der Waals surface area contributed by atoms with Crippen LogP contribution in [0.2, 0.25) is 0 Å². The molecule has 19 heavy (non-hydrogen) atoms. The van der Waals surface area contributed by atoms with Crippen LogP contribution < -0.4 is 5.32 Å².